The van der Waals surface area contributed by atoms with Gasteiger partial charge in [0.1, 0.15) is 12.2 Å². The first kappa shape index (κ1) is 14.9. The summed E-state index contributed by atoms with van der Waals surface area (Å²) in [5, 5.41) is 8.97. The van der Waals surface area contributed by atoms with Crippen LogP contribution < -0.4 is 10.5 Å². The molecule has 124 valence electrons. The van der Waals surface area contributed by atoms with Gasteiger partial charge in [0.2, 0.25) is 5.95 Å². The number of hydrogen-bond donors (Lipinski definition) is 1. The predicted octanol–water partition coefficient (Wildman–Crippen LogP) is 1.92. The molecule has 0 radical (unpaired) electrons. The average Bonchev–Trinajstić information content (AvgIpc) is 3.10. The van der Waals surface area contributed by atoms with E-state index in [0.29, 0.717) is 17.3 Å². The summed E-state index contributed by atoms with van der Waals surface area (Å²) in [4.78, 5) is 22.0. The minimum Gasteiger partial charge on any atom is -0.342 e. The van der Waals surface area contributed by atoms with E-state index in [0.717, 1.165) is 43.8 Å². The van der Waals surface area contributed by atoms with Gasteiger partial charge in [0.05, 0.1) is 10.9 Å². The van der Waals surface area contributed by atoms with Crippen molar-refractivity contribution in [1.82, 2.24) is 24.7 Å². The fourth-order valence-corrected chi connectivity index (χ4v) is 3.43. The lowest BCUT2D eigenvalue weighted by molar-refractivity contribution is 0.468. The van der Waals surface area contributed by atoms with E-state index in [9.17, 15) is 4.79 Å². The normalized spacial score (nSPS) is 18.2. The van der Waals surface area contributed by atoms with Crippen molar-refractivity contribution in [2.45, 2.75) is 32.2 Å². The molecule has 1 fully saturated rings. The molecule has 1 aliphatic rings. The highest BCUT2D eigenvalue weighted by atomic mass is 16.1. The molecule has 2 aromatic heterocycles. The van der Waals surface area contributed by atoms with Gasteiger partial charge in [-0.3, -0.25) is 9.78 Å². The van der Waals surface area contributed by atoms with E-state index in [1.807, 2.05) is 18.2 Å². The van der Waals surface area contributed by atoms with Gasteiger partial charge in [0.25, 0.3) is 5.56 Å². The van der Waals surface area contributed by atoms with Crippen molar-refractivity contribution in [3.63, 3.8) is 0 Å². The number of aromatic amines is 1. The van der Waals surface area contributed by atoms with E-state index < -0.39 is 0 Å². The minimum absolute atomic E-state index is 0.0885. The second kappa shape index (κ2) is 6.07. The molecule has 1 atom stereocenters. The zero-order valence-electron chi connectivity index (χ0n) is 13.6. The Morgan fingerprint density at radius 2 is 2.21 bits per heavy atom. The van der Waals surface area contributed by atoms with Gasteiger partial charge >= 0.3 is 0 Å². The number of H-pyrrole nitrogens is 1. The largest absolute Gasteiger partial charge is 0.342 e. The van der Waals surface area contributed by atoms with E-state index in [4.69, 9.17) is 0 Å². The summed E-state index contributed by atoms with van der Waals surface area (Å²) in [6.07, 6.45) is 3.90. The van der Waals surface area contributed by atoms with Crippen LogP contribution in [0.3, 0.4) is 0 Å². The Bertz CT molecular complexity index is 915. The van der Waals surface area contributed by atoms with Gasteiger partial charge in [0.15, 0.2) is 0 Å². The Kier molecular flexibility index (Phi) is 3.76. The number of anilines is 1. The summed E-state index contributed by atoms with van der Waals surface area (Å²) < 4.78 is 2.09. The van der Waals surface area contributed by atoms with Gasteiger partial charge in [-0.1, -0.05) is 12.1 Å². The molecule has 3 heterocycles. The van der Waals surface area contributed by atoms with Crippen LogP contribution >= 0.6 is 0 Å². The molecule has 1 aliphatic heterocycles. The van der Waals surface area contributed by atoms with Gasteiger partial charge in [-0.2, -0.15) is 0 Å². The van der Waals surface area contributed by atoms with Crippen LogP contribution in [0.5, 0.6) is 0 Å². The maximum Gasteiger partial charge on any atom is 0.260 e. The first-order chi connectivity index (χ1) is 11.8. The smallest absolute Gasteiger partial charge is 0.260 e. The molecule has 0 amide bonds. The molecule has 24 heavy (non-hydrogen) atoms. The molecule has 7 nitrogen and oxygen atoms in total. The highest BCUT2D eigenvalue weighted by Gasteiger charge is 2.26. The lowest BCUT2D eigenvalue weighted by atomic mass is 9.97. The summed E-state index contributed by atoms with van der Waals surface area (Å²) >= 11 is 0. The van der Waals surface area contributed by atoms with Crippen molar-refractivity contribution < 1.29 is 0 Å². The fourth-order valence-electron chi connectivity index (χ4n) is 3.43. The number of benzene rings is 1. The monoisotopic (exact) mass is 324 g/mol. The van der Waals surface area contributed by atoms with E-state index in [2.05, 4.69) is 36.6 Å². The Morgan fingerprint density at radius 3 is 3.08 bits per heavy atom. The summed E-state index contributed by atoms with van der Waals surface area (Å²) in [5.74, 6) is 1.97. The zero-order chi connectivity index (χ0) is 16.5. The third-order valence-corrected chi connectivity index (χ3v) is 4.67. The summed E-state index contributed by atoms with van der Waals surface area (Å²) in [7, 11) is 0. The van der Waals surface area contributed by atoms with Crippen molar-refractivity contribution in [1.29, 1.82) is 0 Å². The molecule has 7 heteroatoms. The molecular weight excluding hydrogens is 304 g/mol. The number of nitrogens with one attached hydrogen (secondary N) is 1. The average molecular weight is 324 g/mol. The number of para-hydroxylation sites is 1. The number of piperidine rings is 1. The van der Waals surface area contributed by atoms with Gasteiger partial charge in [-0.05, 0) is 31.9 Å². The lowest BCUT2D eigenvalue weighted by Gasteiger charge is -2.32. The standard InChI is InChI=1S/C17H20N6O/c1-2-22-11-18-21-15(22)12-6-5-9-23(10-12)17-19-14-8-4-3-7-13(14)16(24)20-17/h3-4,7-8,11-12H,2,5-6,9-10H2,1H3,(H,19,20,24). The van der Waals surface area contributed by atoms with E-state index in [1.165, 1.54) is 0 Å². The fraction of sp³-hybridized carbons (Fsp3) is 0.412. The lowest BCUT2D eigenvalue weighted by Crippen LogP contribution is -2.37. The number of aryl methyl sites for hydroxylation is 1. The zero-order valence-corrected chi connectivity index (χ0v) is 13.6. The van der Waals surface area contributed by atoms with Gasteiger partial charge in [-0.25, -0.2) is 4.98 Å². The number of rotatable bonds is 3. The topological polar surface area (TPSA) is 79.7 Å². The Hall–Kier alpha value is -2.70. The van der Waals surface area contributed by atoms with E-state index in [1.54, 1.807) is 12.4 Å². The van der Waals surface area contributed by atoms with Crippen LogP contribution in [-0.4, -0.2) is 37.8 Å². The van der Waals surface area contributed by atoms with Crippen molar-refractivity contribution >= 4 is 16.9 Å². The molecule has 1 N–H and O–H groups in total. The molecule has 0 bridgehead atoms. The second-order valence-corrected chi connectivity index (χ2v) is 6.17. The first-order valence-electron chi connectivity index (χ1n) is 8.38. The molecule has 1 saturated heterocycles. The number of hydrogen-bond acceptors (Lipinski definition) is 5. The minimum atomic E-state index is -0.0885. The first-order valence-corrected chi connectivity index (χ1v) is 8.38. The van der Waals surface area contributed by atoms with Gasteiger partial charge in [-0.15, -0.1) is 10.2 Å². The summed E-state index contributed by atoms with van der Waals surface area (Å²) in [6.45, 7) is 4.64. The molecule has 1 unspecified atom stereocenters. The van der Waals surface area contributed by atoms with Gasteiger partial charge in [0, 0.05) is 25.6 Å². The molecule has 0 aliphatic carbocycles. The van der Waals surface area contributed by atoms with Crippen LogP contribution in [0.2, 0.25) is 0 Å². The molecule has 3 aromatic rings. The molecular formula is C17H20N6O. The molecule has 4 rings (SSSR count). The van der Waals surface area contributed by atoms with Crippen molar-refractivity contribution in [3.05, 3.63) is 46.8 Å². The number of aromatic nitrogens is 5. The van der Waals surface area contributed by atoms with Crippen LogP contribution in [0.4, 0.5) is 5.95 Å². The predicted molar refractivity (Wildman–Crippen MR) is 92.2 cm³/mol. The van der Waals surface area contributed by atoms with Crippen molar-refractivity contribution in [2.24, 2.45) is 0 Å². The third kappa shape index (κ3) is 2.55. The highest BCUT2D eigenvalue weighted by Crippen LogP contribution is 2.27. The second-order valence-electron chi connectivity index (χ2n) is 6.17. The van der Waals surface area contributed by atoms with Crippen LogP contribution in [0, 0.1) is 0 Å². The molecule has 0 saturated carbocycles. The van der Waals surface area contributed by atoms with Crippen LogP contribution in [0.1, 0.15) is 31.5 Å². The molecule has 0 spiro atoms. The van der Waals surface area contributed by atoms with E-state index in [-0.39, 0.29) is 5.56 Å². The van der Waals surface area contributed by atoms with Crippen molar-refractivity contribution in [3.8, 4) is 0 Å². The Morgan fingerprint density at radius 1 is 1.33 bits per heavy atom. The number of nitrogens with zero attached hydrogens (tertiary/aromatic N) is 5. The van der Waals surface area contributed by atoms with Crippen molar-refractivity contribution in [2.75, 3.05) is 18.0 Å². The summed E-state index contributed by atoms with van der Waals surface area (Å²) in [5.41, 5.74) is 0.643. The Labute approximate surface area is 139 Å². The van der Waals surface area contributed by atoms with Crippen LogP contribution in [0.25, 0.3) is 10.9 Å². The number of fused-ring (bicyclic) bond motifs is 1. The highest BCUT2D eigenvalue weighted by molar-refractivity contribution is 5.78. The van der Waals surface area contributed by atoms with Crippen LogP contribution in [-0.2, 0) is 6.54 Å². The van der Waals surface area contributed by atoms with Crippen LogP contribution in [0.15, 0.2) is 35.4 Å². The van der Waals surface area contributed by atoms with Gasteiger partial charge < -0.3 is 9.47 Å². The maximum absolute atomic E-state index is 12.3. The van der Waals surface area contributed by atoms with E-state index >= 15 is 0 Å². The quantitative estimate of drug-likeness (QED) is 0.796. The SMILES string of the molecule is CCn1cnnc1C1CCCN(c2nc3ccccc3c(=O)[nH]2)C1. The maximum atomic E-state index is 12.3. The Balaban J connectivity index is 1.66. The summed E-state index contributed by atoms with van der Waals surface area (Å²) in [6, 6.07) is 7.44. The third-order valence-electron chi connectivity index (χ3n) is 4.67. The molecule has 1 aromatic carbocycles.